The molecule has 3 heterocycles. The molecule has 6 rings (SSSR count). The van der Waals surface area contributed by atoms with Gasteiger partial charge in [-0.25, -0.2) is 4.98 Å². The molecule has 9 heteroatoms. The lowest BCUT2D eigenvalue weighted by atomic mass is 9.68. The van der Waals surface area contributed by atoms with Crippen molar-refractivity contribution in [3.63, 3.8) is 0 Å². The van der Waals surface area contributed by atoms with Crippen molar-refractivity contribution in [1.82, 2.24) is 15.2 Å². The number of aromatic nitrogens is 1. The fourth-order valence-electron chi connectivity index (χ4n) is 6.42. The van der Waals surface area contributed by atoms with E-state index in [9.17, 15) is 18.0 Å². The van der Waals surface area contributed by atoms with Crippen LogP contribution in [-0.2, 0) is 10.2 Å². The van der Waals surface area contributed by atoms with Crippen molar-refractivity contribution in [3.05, 3.63) is 96.1 Å². The van der Waals surface area contributed by atoms with Crippen molar-refractivity contribution in [1.29, 1.82) is 0 Å². The number of nitrogens with one attached hydrogen (secondary N) is 1. The highest BCUT2D eigenvalue weighted by atomic mass is 19.4. The highest BCUT2D eigenvalue weighted by molar-refractivity contribution is 5.94. The third kappa shape index (κ3) is 6.18. The molecule has 224 valence electrons. The van der Waals surface area contributed by atoms with Gasteiger partial charge in [-0.1, -0.05) is 61.0 Å². The van der Waals surface area contributed by atoms with Gasteiger partial charge in [-0.15, -0.1) is 0 Å². The highest BCUT2D eigenvalue weighted by Crippen LogP contribution is 2.50. The summed E-state index contributed by atoms with van der Waals surface area (Å²) in [5.41, 5.74) is 0.905. The molecule has 43 heavy (non-hydrogen) atoms. The maximum Gasteiger partial charge on any atom is 0.405 e. The number of benzene rings is 3. The minimum Gasteiger partial charge on any atom is -0.457 e. The van der Waals surface area contributed by atoms with Crippen molar-refractivity contribution in [2.75, 3.05) is 44.2 Å². The molecule has 1 N–H and O–H groups in total. The van der Waals surface area contributed by atoms with E-state index in [-0.39, 0.29) is 0 Å². The molecule has 1 amide bonds. The zero-order chi connectivity index (χ0) is 29.9. The molecule has 0 bridgehead atoms. The third-order valence-corrected chi connectivity index (χ3v) is 8.52. The summed E-state index contributed by atoms with van der Waals surface area (Å²) in [5.74, 6) is 1.34. The number of halogens is 3. The summed E-state index contributed by atoms with van der Waals surface area (Å²) in [6.45, 7) is 3.12. The molecule has 3 aromatic carbocycles. The first-order valence-electron chi connectivity index (χ1n) is 14.9. The van der Waals surface area contributed by atoms with E-state index in [1.807, 2.05) is 18.2 Å². The molecule has 1 saturated heterocycles. The van der Waals surface area contributed by atoms with Gasteiger partial charge in [0.25, 0.3) is 0 Å². The molecule has 0 unspecified atom stereocenters. The van der Waals surface area contributed by atoms with Crippen LogP contribution in [0.1, 0.15) is 36.8 Å². The van der Waals surface area contributed by atoms with Crippen LogP contribution in [0.15, 0.2) is 84.9 Å². The number of nitrogens with zero attached hydrogens (tertiary/aromatic N) is 3. The quantitative estimate of drug-likeness (QED) is 0.233. The Bertz CT molecular complexity index is 1550. The summed E-state index contributed by atoms with van der Waals surface area (Å²) in [6, 6.07) is 26.7. The number of unbranched alkanes of at least 4 members (excludes halogenated alkanes) is 1. The van der Waals surface area contributed by atoms with Gasteiger partial charge in [-0.3, -0.25) is 4.79 Å². The number of hydrogen-bond donors (Lipinski definition) is 1. The summed E-state index contributed by atoms with van der Waals surface area (Å²) >= 11 is 0. The second-order valence-corrected chi connectivity index (χ2v) is 11.3. The Hall–Kier alpha value is -4.11. The number of amides is 1. The summed E-state index contributed by atoms with van der Waals surface area (Å²) in [7, 11) is 0. The largest absolute Gasteiger partial charge is 0.457 e. The zero-order valence-electron chi connectivity index (χ0n) is 23.9. The van der Waals surface area contributed by atoms with E-state index >= 15 is 0 Å². The van der Waals surface area contributed by atoms with E-state index in [1.54, 1.807) is 48.5 Å². The average molecular weight is 589 g/mol. The smallest absolute Gasteiger partial charge is 0.405 e. The molecule has 0 radical (unpaired) electrons. The molecular formula is C34H35F3N4O2. The van der Waals surface area contributed by atoms with Crippen LogP contribution in [0.5, 0.6) is 11.5 Å². The van der Waals surface area contributed by atoms with Gasteiger partial charge in [0, 0.05) is 36.1 Å². The standard InChI is InChI=1S/C34H35F3N4O2/c35-34(36,37)24-38-32(42)33(26-11-2-5-14-29(26)43-30-15-6-3-12-27(30)33)18-7-8-19-40-20-9-21-41(23-22-40)31-17-16-25-10-1-4-13-28(25)39-31/h1-6,10-17H,7-9,18-24H2,(H,38,42). The van der Waals surface area contributed by atoms with Crippen LogP contribution in [0.3, 0.4) is 0 Å². The maximum absolute atomic E-state index is 13.8. The van der Waals surface area contributed by atoms with Crippen molar-refractivity contribution in [2.24, 2.45) is 0 Å². The molecule has 2 aliphatic rings. The van der Waals surface area contributed by atoms with Crippen LogP contribution < -0.4 is 15.0 Å². The predicted molar refractivity (Wildman–Crippen MR) is 162 cm³/mol. The van der Waals surface area contributed by atoms with E-state index < -0.39 is 24.0 Å². The lowest BCUT2D eigenvalue weighted by Gasteiger charge is -2.39. The van der Waals surface area contributed by atoms with E-state index in [1.165, 1.54) is 0 Å². The number of fused-ring (bicyclic) bond motifs is 3. The molecule has 1 aromatic heterocycles. The number of pyridine rings is 1. The maximum atomic E-state index is 13.8. The molecule has 0 saturated carbocycles. The number of carbonyl (C=O) groups excluding carboxylic acids is 1. The monoisotopic (exact) mass is 588 g/mol. The second-order valence-electron chi connectivity index (χ2n) is 11.3. The van der Waals surface area contributed by atoms with Gasteiger partial charge < -0.3 is 19.9 Å². The van der Waals surface area contributed by atoms with E-state index in [4.69, 9.17) is 9.72 Å². The van der Waals surface area contributed by atoms with Gasteiger partial charge in [0.05, 0.1) is 5.52 Å². The Labute approximate surface area is 249 Å². The van der Waals surface area contributed by atoms with Crippen LogP contribution in [0.25, 0.3) is 10.9 Å². The van der Waals surface area contributed by atoms with Gasteiger partial charge in [-0.2, -0.15) is 13.2 Å². The average Bonchev–Trinajstić information content (AvgIpc) is 3.26. The van der Waals surface area contributed by atoms with E-state index in [0.29, 0.717) is 35.5 Å². The fourth-order valence-corrected chi connectivity index (χ4v) is 6.42. The number of alkyl halides is 3. The molecule has 4 aromatic rings. The van der Waals surface area contributed by atoms with Gasteiger partial charge in [0.1, 0.15) is 29.3 Å². The number of para-hydroxylation sites is 3. The second kappa shape index (κ2) is 12.2. The molecule has 1 fully saturated rings. The SMILES string of the molecule is O=C(NCC(F)(F)F)C1(CCCCN2CCCN(c3ccc4ccccc4n3)CC2)c2ccccc2Oc2ccccc21. The molecule has 0 atom stereocenters. The first kappa shape index (κ1) is 29.0. The number of ether oxygens (including phenoxy) is 1. The number of rotatable bonds is 8. The number of carbonyl (C=O) groups is 1. The fraction of sp³-hybridized carbons (Fsp3) is 0.353. The lowest BCUT2D eigenvalue weighted by molar-refractivity contribution is -0.141. The van der Waals surface area contributed by atoms with Crippen LogP contribution in [0.2, 0.25) is 0 Å². The number of anilines is 1. The van der Waals surface area contributed by atoms with E-state index in [0.717, 1.165) is 62.3 Å². The van der Waals surface area contributed by atoms with Crippen molar-refractivity contribution in [2.45, 2.75) is 37.3 Å². The van der Waals surface area contributed by atoms with Crippen molar-refractivity contribution < 1.29 is 22.7 Å². The molecule has 6 nitrogen and oxygen atoms in total. The molecule has 0 aliphatic carbocycles. The summed E-state index contributed by atoms with van der Waals surface area (Å²) < 4.78 is 45.7. The molecule has 2 aliphatic heterocycles. The van der Waals surface area contributed by atoms with E-state index in [2.05, 4.69) is 33.3 Å². The topological polar surface area (TPSA) is 57.7 Å². The number of hydrogen-bond acceptors (Lipinski definition) is 5. The first-order valence-corrected chi connectivity index (χ1v) is 14.9. The van der Waals surface area contributed by atoms with Gasteiger partial charge in [-0.05, 0) is 62.7 Å². The predicted octanol–water partition coefficient (Wildman–Crippen LogP) is 6.69. The van der Waals surface area contributed by atoms with Gasteiger partial charge in [0.15, 0.2) is 0 Å². The van der Waals surface area contributed by atoms with Crippen LogP contribution >= 0.6 is 0 Å². The Morgan fingerprint density at radius 2 is 1.53 bits per heavy atom. The minimum absolute atomic E-state index is 0.370. The van der Waals surface area contributed by atoms with Crippen LogP contribution in [0, 0.1) is 0 Å². The van der Waals surface area contributed by atoms with Crippen LogP contribution in [-0.4, -0.2) is 61.2 Å². The van der Waals surface area contributed by atoms with Crippen molar-refractivity contribution >= 4 is 22.6 Å². The third-order valence-electron chi connectivity index (χ3n) is 8.52. The molecule has 0 spiro atoms. The van der Waals surface area contributed by atoms with Crippen LogP contribution in [0.4, 0.5) is 19.0 Å². The highest BCUT2D eigenvalue weighted by Gasteiger charge is 2.48. The Balaban J connectivity index is 1.15. The normalized spacial score (nSPS) is 16.6. The minimum atomic E-state index is -4.51. The van der Waals surface area contributed by atoms with Crippen molar-refractivity contribution in [3.8, 4) is 11.5 Å². The van der Waals surface area contributed by atoms with Gasteiger partial charge >= 0.3 is 6.18 Å². The summed E-state index contributed by atoms with van der Waals surface area (Å²) in [4.78, 5) is 23.4. The Morgan fingerprint density at radius 3 is 2.28 bits per heavy atom. The van der Waals surface area contributed by atoms with Gasteiger partial charge in [0.2, 0.25) is 5.91 Å². The zero-order valence-corrected chi connectivity index (χ0v) is 23.9. The first-order chi connectivity index (χ1) is 20.8. The summed E-state index contributed by atoms with van der Waals surface area (Å²) in [6.07, 6.45) is -1.65. The Kier molecular flexibility index (Phi) is 8.25. The Morgan fingerprint density at radius 1 is 0.837 bits per heavy atom. The summed E-state index contributed by atoms with van der Waals surface area (Å²) in [5, 5.41) is 3.33. The molecular weight excluding hydrogens is 553 g/mol. The lowest BCUT2D eigenvalue weighted by Crippen LogP contribution is -2.49.